The van der Waals surface area contributed by atoms with E-state index in [1.165, 1.54) is 18.3 Å². The Morgan fingerprint density at radius 1 is 1.17 bits per heavy atom. The zero-order valence-corrected chi connectivity index (χ0v) is 13.6. The molecular formula is C19H18FN3O. The van der Waals surface area contributed by atoms with Crippen LogP contribution in [-0.4, -0.2) is 15.7 Å². The SMILES string of the molecule is CCc1c(C(=O)Nc2ccccc2F)cnn1-c1ccc(C)cc1. The Morgan fingerprint density at radius 2 is 1.88 bits per heavy atom. The van der Waals surface area contributed by atoms with Crippen LogP contribution in [0.2, 0.25) is 0 Å². The van der Waals surface area contributed by atoms with Crippen molar-refractivity contribution < 1.29 is 9.18 Å². The summed E-state index contributed by atoms with van der Waals surface area (Å²) in [5, 5.41) is 6.94. The molecule has 1 aromatic heterocycles. The van der Waals surface area contributed by atoms with Crippen molar-refractivity contribution in [3.63, 3.8) is 0 Å². The molecule has 0 saturated carbocycles. The van der Waals surface area contributed by atoms with E-state index in [0.717, 1.165) is 16.9 Å². The lowest BCUT2D eigenvalue weighted by Crippen LogP contribution is -2.15. The van der Waals surface area contributed by atoms with Crippen molar-refractivity contribution in [3.8, 4) is 5.69 Å². The first-order chi connectivity index (χ1) is 11.6. The van der Waals surface area contributed by atoms with Gasteiger partial charge in [0.1, 0.15) is 5.82 Å². The molecule has 1 N–H and O–H groups in total. The molecule has 122 valence electrons. The maximum Gasteiger partial charge on any atom is 0.259 e. The van der Waals surface area contributed by atoms with Gasteiger partial charge in [-0.3, -0.25) is 4.79 Å². The zero-order valence-electron chi connectivity index (χ0n) is 13.6. The second-order valence-corrected chi connectivity index (χ2v) is 5.54. The van der Waals surface area contributed by atoms with Crippen molar-refractivity contribution >= 4 is 11.6 Å². The normalized spacial score (nSPS) is 10.6. The van der Waals surface area contributed by atoms with Gasteiger partial charge in [-0.2, -0.15) is 5.10 Å². The van der Waals surface area contributed by atoms with Gasteiger partial charge in [0, 0.05) is 0 Å². The number of amides is 1. The van der Waals surface area contributed by atoms with Crippen LogP contribution in [0, 0.1) is 12.7 Å². The highest BCUT2D eigenvalue weighted by atomic mass is 19.1. The van der Waals surface area contributed by atoms with Crippen LogP contribution in [0.25, 0.3) is 5.69 Å². The molecular weight excluding hydrogens is 305 g/mol. The second-order valence-electron chi connectivity index (χ2n) is 5.54. The quantitative estimate of drug-likeness (QED) is 0.784. The number of halogens is 1. The number of carbonyl (C=O) groups excluding carboxylic acids is 1. The number of benzene rings is 2. The Hall–Kier alpha value is -2.95. The molecule has 0 bridgehead atoms. The number of hydrogen-bond donors (Lipinski definition) is 1. The van der Waals surface area contributed by atoms with Crippen LogP contribution < -0.4 is 5.32 Å². The van der Waals surface area contributed by atoms with Gasteiger partial charge in [-0.15, -0.1) is 0 Å². The van der Waals surface area contributed by atoms with Gasteiger partial charge in [-0.25, -0.2) is 9.07 Å². The third-order valence-electron chi connectivity index (χ3n) is 3.85. The number of hydrogen-bond acceptors (Lipinski definition) is 2. The molecule has 0 unspecified atom stereocenters. The van der Waals surface area contributed by atoms with Crippen molar-refractivity contribution in [2.45, 2.75) is 20.3 Å². The van der Waals surface area contributed by atoms with Gasteiger partial charge in [0.15, 0.2) is 0 Å². The molecule has 4 nitrogen and oxygen atoms in total. The largest absolute Gasteiger partial charge is 0.319 e. The summed E-state index contributed by atoms with van der Waals surface area (Å²) >= 11 is 0. The smallest absolute Gasteiger partial charge is 0.259 e. The molecule has 24 heavy (non-hydrogen) atoms. The molecule has 3 rings (SSSR count). The van der Waals surface area contributed by atoms with Crippen molar-refractivity contribution in [2.24, 2.45) is 0 Å². The zero-order chi connectivity index (χ0) is 17.1. The van der Waals surface area contributed by atoms with E-state index >= 15 is 0 Å². The number of nitrogens with one attached hydrogen (secondary N) is 1. The standard InChI is InChI=1S/C19H18FN3O/c1-3-18-15(19(24)22-17-7-5-4-6-16(17)20)12-21-23(18)14-10-8-13(2)9-11-14/h4-12H,3H2,1-2H3,(H,22,24). The van der Waals surface area contributed by atoms with Crippen molar-refractivity contribution in [1.82, 2.24) is 9.78 Å². The van der Waals surface area contributed by atoms with E-state index < -0.39 is 5.82 Å². The van der Waals surface area contributed by atoms with E-state index in [4.69, 9.17) is 0 Å². The van der Waals surface area contributed by atoms with E-state index in [-0.39, 0.29) is 11.6 Å². The average molecular weight is 323 g/mol. The second kappa shape index (κ2) is 6.66. The minimum absolute atomic E-state index is 0.160. The Labute approximate surface area is 139 Å². The Morgan fingerprint density at radius 3 is 2.54 bits per heavy atom. The summed E-state index contributed by atoms with van der Waals surface area (Å²) < 4.78 is 15.5. The maximum absolute atomic E-state index is 13.7. The van der Waals surface area contributed by atoms with Gasteiger partial charge in [0.2, 0.25) is 0 Å². The van der Waals surface area contributed by atoms with Gasteiger partial charge in [-0.1, -0.05) is 36.8 Å². The fourth-order valence-corrected chi connectivity index (χ4v) is 2.56. The Bertz CT molecular complexity index is 869. The molecule has 1 amide bonds. The first-order valence-electron chi connectivity index (χ1n) is 7.80. The number of aryl methyl sites for hydroxylation is 1. The number of aromatic nitrogens is 2. The third-order valence-corrected chi connectivity index (χ3v) is 3.85. The number of para-hydroxylation sites is 1. The lowest BCUT2D eigenvalue weighted by Gasteiger charge is -2.09. The summed E-state index contributed by atoms with van der Waals surface area (Å²) in [6.07, 6.45) is 2.16. The lowest BCUT2D eigenvalue weighted by atomic mass is 10.1. The summed E-state index contributed by atoms with van der Waals surface area (Å²) in [6, 6.07) is 14.0. The van der Waals surface area contributed by atoms with Gasteiger partial charge < -0.3 is 5.32 Å². The van der Waals surface area contributed by atoms with E-state index in [0.29, 0.717) is 12.0 Å². The number of nitrogens with zero attached hydrogens (tertiary/aromatic N) is 2. The number of rotatable bonds is 4. The summed E-state index contributed by atoms with van der Waals surface area (Å²) in [5.74, 6) is -0.829. The number of anilines is 1. The average Bonchev–Trinajstić information content (AvgIpc) is 3.01. The first kappa shape index (κ1) is 15.9. The topological polar surface area (TPSA) is 46.9 Å². The van der Waals surface area contributed by atoms with Crippen molar-refractivity contribution in [3.05, 3.63) is 77.4 Å². The van der Waals surface area contributed by atoms with Gasteiger partial charge in [0.25, 0.3) is 5.91 Å². The molecule has 3 aromatic rings. The summed E-state index contributed by atoms with van der Waals surface area (Å²) in [4.78, 5) is 12.5. The molecule has 0 fully saturated rings. The molecule has 5 heteroatoms. The highest BCUT2D eigenvalue weighted by molar-refractivity contribution is 6.05. The van der Waals surface area contributed by atoms with Crippen LogP contribution in [0.5, 0.6) is 0 Å². The van der Waals surface area contributed by atoms with E-state index in [9.17, 15) is 9.18 Å². The predicted octanol–water partition coefficient (Wildman–Crippen LogP) is 4.13. The minimum Gasteiger partial charge on any atom is -0.319 e. The van der Waals surface area contributed by atoms with Gasteiger partial charge in [0.05, 0.1) is 28.8 Å². The van der Waals surface area contributed by atoms with Crippen LogP contribution >= 0.6 is 0 Å². The van der Waals surface area contributed by atoms with Crippen LogP contribution in [0.1, 0.15) is 28.5 Å². The molecule has 0 aliphatic carbocycles. The third kappa shape index (κ3) is 3.06. The highest BCUT2D eigenvalue weighted by Gasteiger charge is 2.18. The molecule has 0 aliphatic rings. The van der Waals surface area contributed by atoms with Gasteiger partial charge in [-0.05, 0) is 37.6 Å². The maximum atomic E-state index is 13.7. The Balaban J connectivity index is 1.93. The summed E-state index contributed by atoms with van der Waals surface area (Å²) in [6.45, 7) is 3.97. The molecule has 0 atom stereocenters. The van der Waals surface area contributed by atoms with Crippen LogP contribution in [0.4, 0.5) is 10.1 Å². The number of carbonyl (C=O) groups is 1. The predicted molar refractivity (Wildman–Crippen MR) is 92.0 cm³/mol. The minimum atomic E-state index is -0.463. The van der Waals surface area contributed by atoms with E-state index in [1.54, 1.807) is 16.8 Å². The molecule has 0 radical (unpaired) electrons. The monoisotopic (exact) mass is 323 g/mol. The fourth-order valence-electron chi connectivity index (χ4n) is 2.56. The molecule has 2 aromatic carbocycles. The van der Waals surface area contributed by atoms with Crippen LogP contribution in [0.15, 0.2) is 54.7 Å². The highest BCUT2D eigenvalue weighted by Crippen LogP contribution is 2.19. The molecule has 0 saturated heterocycles. The van der Waals surface area contributed by atoms with Crippen LogP contribution in [-0.2, 0) is 6.42 Å². The molecule has 0 spiro atoms. The van der Waals surface area contributed by atoms with Crippen molar-refractivity contribution in [1.29, 1.82) is 0 Å². The van der Waals surface area contributed by atoms with E-state index in [1.807, 2.05) is 38.1 Å². The van der Waals surface area contributed by atoms with E-state index in [2.05, 4.69) is 10.4 Å². The van der Waals surface area contributed by atoms with Crippen LogP contribution in [0.3, 0.4) is 0 Å². The lowest BCUT2D eigenvalue weighted by molar-refractivity contribution is 0.102. The molecule has 1 heterocycles. The summed E-state index contributed by atoms with van der Waals surface area (Å²) in [5.41, 5.74) is 3.44. The van der Waals surface area contributed by atoms with Gasteiger partial charge >= 0.3 is 0 Å². The molecule has 0 aliphatic heterocycles. The fraction of sp³-hybridized carbons (Fsp3) is 0.158. The Kier molecular flexibility index (Phi) is 4.42. The first-order valence-corrected chi connectivity index (χ1v) is 7.80. The van der Waals surface area contributed by atoms with Crippen molar-refractivity contribution in [2.75, 3.05) is 5.32 Å². The summed E-state index contributed by atoms with van der Waals surface area (Å²) in [7, 11) is 0.